The normalized spacial score (nSPS) is 9.80. The minimum Gasteiger partial charge on any atom is -0.286 e. The van der Waals surface area contributed by atoms with Gasteiger partial charge in [-0.2, -0.15) is 0 Å². The Bertz CT molecular complexity index is 203. The molecule has 52 valence electrons. The zero-order valence-electron chi connectivity index (χ0n) is 5.97. The minimum atomic E-state index is -0.414. The van der Waals surface area contributed by atoms with Crippen LogP contribution in [0.4, 0.5) is 0 Å². The predicted octanol–water partition coefficient (Wildman–Crippen LogP) is 2.59. The summed E-state index contributed by atoms with van der Waals surface area (Å²) in [6.07, 6.45) is 0. The van der Waals surface area contributed by atoms with E-state index >= 15 is 0 Å². The lowest BCUT2D eigenvalue weighted by molar-refractivity contribution is 0.287. The summed E-state index contributed by atoms with van der Waals surface area (Å²) in [5.41, 5.74) is 1.76. The number of hydrogen-bond acceptors (Lipinski definition) is 0. The Hall–Kier alpha value is -1.18. The van der Waals surface area contributed by atoms with Crippen molar-refractivity contribution >= 4 is 0 Å². The maximum Gasteiger partial charge on any atom is 0.225 e. The van der Waals surface area contributed by atoms with E-state index in [1.54, 1.807) is 0 Å². The Morgan fingerprint density at radius 2 is 1.20 bits per heavy atom. The lowest BCUT2D eigenvalue weighted by Crippen LogP contribution is -1.78. The zero-order valence-corrected chi connectivity index (χ0v) is 5.97. The van der Waals surface area contributed by atoms with Crippen LogP contribution in [0.25, 0.3) is 0 Å². The smallest absolute Gasteiger partial charge is 0.225 e. The van der Waals surface area contributed by atoms with Crippen LogP contribution in [0.1, 0.15) is 11.1 Å². The highest BCUT2D eigenvalue weighted by atomic mass is 16.3. The molecule has 10 heavy (non-hydrogen) atoms. The molecule has 1 rings (SSSR count). The fraction of sp³-hybridized carbons (Fsp3) is 0.250. The molecule has 2 heteroatoms. The van der Waals surface area contributed by atoms with Crippen molar-refractivity contribution in [2.45, 2.75) is 13.8 Å². The van der Waals surface area contributed by atoms with Crippen LogP contribution in [0.15, 0.2) is 12.1 Å². The highest BCUT2D eigenvalue weighted by molar-refractivity contribution is 5.43. The maximum absolute atomic E-state index is 10.7. The summed E-state index contributed by atoms with van der Waals surface area (Å²) in [6.45, 7) is 3.63. The Labute approximate surface area is 59.7 Å². The molecule has 0 spiro atoms. The molecule has 0 aromatic heterocycles. The van der Waals surface area contributed by atoms with E-state index in [0.29, 0.717) is 0 Å². The van der Waals surface area contributed by atoms with Gasteiger partial charge in [-0.25, -0.2) is 0 Å². The van der Waals surface area contributed by atoms with E-state index in [0.717, 1.165) is 11.1 Å². The summed E-state index contributed by atoms with van der Waals surface area (Å²) in [6, 6.07) is 2.75. The van der Waals surface area contributed by atoms with Crippen LogP contribution in [0, 0.1) is 13.8 Å². The molecule has 0 saturated carbocycles. The molecule has 0 aliphatic rings. The molecule has 0 heterocycles. The summed E-state index contributed by atoms with van der Waals surface area (Å²) in [7, 11) is 0. The van der Waals surface area contributed by atoms with Gasteiger partial charge in [0.1, 0.15) is 0 Å². The van der Waals surface area contributed by atoms with Crippen LogP contribution in [-0.2, 0) is 10.2 Å². The van der Waals surface area contributed by atoms with Crippen molar-refractivity contribution < 1.29 is 10.2 Å². The number of benzene rings is 1. The molecule has 0 aliphatic carbocycles. The first-order chi connectivity index (χ1) is 4.61. The molecule has 0 N–H and O–H groups in total. The summed E-state index contributed by atoms with van der Waals surface area (Å²) >= 11 is 0. The zero-order chi connectivity index (χ0) is 7.72. The molecule has 0 atom stereocenters. The first-order valence-corrected chi connectivity index (χ1v) is 3.06. The molecule has 2 nitrogen and oxygen atoms in total. The molecule has 0 unspecified atom stereocenters. The summed E-state index contributed by atoms with van der Waals surface area (Å²) in [5, 5.41) is 21.4. The lowest BCUT2D eigenvalue weighted by Gasteiger charge is -1.97. The van der Waals surface area contributed by atoms with Crippen LogP contribution in [0.3, 0.4) is 0 Å². The van der Waals surface area contributed by atoms with E-state index in [9.17, 15) is 10.2 Å². The quantitative estimate of drug-likeness (QED) is 0.526. The molecule has 2 radical (unpaired) electrons. The first kappa shape index (κ1) is 6.93. The molecular weight excluding hydrogens is 128 g/mol. The average Bonchev–Trinajstić information content (AvgIpc) is 1.84. The van der Waals surface area contributed by atoms with Crippen LogP contribution >= 0.6 is 0 Å². The second-order valence-electron chi connectivity index (χ2n) is 2.38. The molecule has 1 aromatic rings. The van der Waals surface area contributed by atoms with Crippen molar-refractivity contribution in [1.82, 2.24) is 0 Å². The van der Waals surface area contributed by atoms with Gasteiger partial charge in [-0.3, -0.25) is 10.2 Å². The largest absolute Gasteiger partial charge is 0.286 e. The molecule has 0 amide bonds. The second-order valence-corrected chi connectivity index (χ2v) is 2.38. The van der Waals surface area contributed by atoms with E-state index in [2.05, 4.69) is 0 Å². The van der Waals surface area contributed by atoms with Gasteiger partial charge in [0.25, 0.3) is 0 Å². The van der Waals surface area contributed by atoms with Crippen LogP contribution in [0.5, 0.6) is 11.5 Å². The fourth-order valence-corrected chi connectivity index (χ4v) is 0.763. The number of aryl methyl sites for hydroxylation is 2. The van der Waals surface area contributed by atoms with Gasteiger partial charge in [-0.15, -0.1) is 0 Å². The van der Waals surface area contributed by atoms with Crippen molar-refractivity contribution in [3.63, 3.8) is 0 Å². The SMILES string of the molecule is Cc1cc([O])c([O])cc1C. The van der Waals surface area contributed by atoms with Gasteiger partial charge >= 0.3 is 0 Å². The molecular formula is C8H8O2. The van der Waals surface area contributed by atoms with Crippen molar-refractivity contribution in [3.05, 3.63) is 23.3 Å². The summed E-state index contributed by atoms with van der Waals surface area (Å²) in [5.74, 6) is -0.828. The highest BCUT2D eigenvalue weighted by Crippen LogP contribution is 2.28. The van der Waals surface area contributed by atoms with Crippen molar-refractivity contribution in [3.8, 4) is 11.5 Å². The van der Waals surface area contributed by atoms with Crippen molar-refractivity contribution in [1.29, 1.82) is 0 Å². The molecule has 0 bridgehead atoms. The van der Waals surface area contributed by atoms with Gasteiger partial charge in [0.05, 0.1) is 0 Å². The monoisotopic (exact) mass is 136 g/mol. The van der Waals surface area contributed by atoms with E-state index in [-0.39, 0.29) is 0 Å². The predicted molar refractivity (Wildman–Crippen MR) is 36.2 cm³/mol. The third-order valence-corrected chi connectivity index (χ3v) is 1.56. The van der Waals surface area contributed by atoms with Crippen LogP contribution < -0.4 is 0 Å². The molecule has 1 aromatic carbocycles. The summed E-state index contributed by atoms with van der Waals surface area (Å²) in [4.78, 5) is 0. The van der Waals surface area contributed by atoms with Gasteiger partial charge in [-0.1, -0.05) is 0 Å². The number of rotatable bonds is 0. The van der Waals surface area contributed by atoms with Gasteiger partial charge in [0, 0.05) is 0 Å². The standard InChI is InChI=1S/C8H8O2/c1-5-3-7(9)8(10)4-6(5)2/h3-4H,1-2H3. The average molecular weight is 136 g/mol. The Balaban J connectivity index is 3.28. The van der Waals surface area contributed by atoms with Crippen LogP contribution in [-0.4, -0.2) is 0 Å². The fourth-order valence-electron chi connectivity index (χ4n) is 0.763. The topological polar surface area (TPSA) is 39.8 Å². The van der Waals surface area contributed by atoms with E-state index in [4.69, 9.17) is 0 Å². The molecule has 0 aliphatic heterocycles. The Morgan fingerprint density at radius 3 is 1.50 bits per heavy atom. The first-order valence-electron chi connectivity index (χ1n) is 3.06. The van der Waals surface area contributed by atoms with Gasteiger partial charge in [0.15, 0.2) is 0 Å². The van der Waals surface area contributed by atoms with Gasteiger partial charge in [-0.05, 0) is 37.1 Å². The lowest BCUT2D eigenvalue weighted by atomic mass is 10.1. The number of hydrogen-bond donors (Lipinski definition) is 0. The second kappa shape index (κ2) is 2.21. The highest BCUT2D eigenvalue weighted by Gasteiger charge is 2.04. The van der Waals surface area contributed by atoms with E-state index in [1.165, 1.54) is 12.1 Å². The van der Waals surface area contributed by atoms with E-state index in [1.807, 2.05) is 13.8 Å². The van der Waals surface area contributed by atoms with Gasteiger partial charge < -0.3 is 0 Å². The Morgan fingerprint density at radius 1 is 0.900 bits per heavy atom. The Kier molecular flexibility index (Phi) is 1.53. The molecule has 0 saturated heterocycles. The third-order valence-electron chi connectivity index (χ3n) is 1.56. The maximum atomic E-state index is 10.7. The summed E-state index contributed by atoms with van der Waals surface area (Å²) < 4.78 is 0. The third kappa shape index (κ3) is 1.05. The van der Waals surface area contributed by atoms with Gasteiger partial charge in [0.2, 0.25) is 11.5 Å². The molecule has 0 fully saturated rings. The minimum absolute atomic E-state index is 0.414. The van der Waals surface area contributed by atoms with Crippen molar-refractivity contribution in [2.24, 2.45) is 0 Å². The van der Waals surface area contributed by atoms with E-state index < -0.39 is 11.5 Å². The van der Waals surface area contributed by atoms with Crippen LogP contribution in [0.2, 0.25) is 0 Å². The van der Waals surface area contributed by atoms with Crippen molar-refractivity contribution in [2.75, 3.05) is 0 Å².